The molecule has 1 unspecified atom stereocenters. The maximum absolute atomic E-state index is 14.7. The first-order chi connectivity index (χ1) is 25.3. The molecule has 0 spiro atoms. The van der Waals surface area contributed by atoms with Gasteiger partial charge < -0.3 is 36.4 Å². The molecule has 53 heavy (non-hydrogen) atoms. The van der Waals surface area contributed by atoms with Gasteiger partial charge in [-0.25, -0.2) is 13.6 Å². The monoisotopic (exact) mass is 734 g/mol. The second-order valence-electron chi connectivity index (χ2n) is 13.3. The van der Waals surface area contributed by atoms with Gasteiger partial charge >= 0.3 is 6.09 Å². The number of benzene rings is 3. The third-order valence-electron chi connectivity index (χ3n) is 9.84. The Morgan fingerprint density at radius 3 is 2.34 bits per heavy atom. The average Bonchev–Trinajstić information content (AvgIpc) is 3.54. The fourth-order valence-electron chi connectivity index (χ4n) is 6.58. The molecule has 5 rings (SSSR count). The molecule has 1 fully saturated rings. The van der Waals surface area contributed by atoms with E-state index in [4.69, 9.17) is 10.5 Å². The number of anilines is 1. The van der Waals surface area contributed by atoms with Crippen molar-refractivity contribution in [2.24, 2.45) is 11.7 Å². The molecule has 0 aliphatic carbocycles. The molecule has 282 valence electrons. The number of nitrogens with zero attached hydrogens (tertiary/aromatic N) is 2. The zero-order valence-electron chi connectivity index (χ0n) is 29.5. The lowest BCUT2D eigenvalue weighted by atomic mass is 9.90. The molecule has 2 aliphatic rings. The summed E-state index contributed by atoms with van der Waals surface area (Å²) in [5.41, 5.74) is 8.29. The molecular formula is C38H44F2N6O7. The lowest BCUT2D eigenvalue weighted by Crippen LogP contribution is -2.57. The summed E-state index contributed by atoms with van der Waals surface area (Å²) in [7, 11) is 1.23. The van der Waals surface area contributed by atoms with Crippen molar-refractivity contribution < 1.29 is 42.6 Å². The number of ether oxygens (including phenoxy) is 1. The Kier molecular flexibility index (Phi) is 12.7. The lowest BCUT2D eigenvalue weighted by Gasteiger charge is -2.35. The first kappa shape index (κ1) is 38.8. The number of amides is 5. The topological polar surface area (TPSA) is 183 Å². The van der Waals surface area contributed by atoms with Gasteiger partial charge in [0.25, 0.3) is 5.91 Å². The van der Waals surface area contributed by atoms with Gasteiger partial charge in [0.05, 0.1) is 6.42 Å². The van der Waals surface area contributed by atoms with Crippen LogP contribution in [0.15, 0.2) is 66.7 Å². The van der Waals surface area contributed by atoms with Crippen molar-refractivity contribution in [1.82, 2.24) is 20.4 Å². The molecule has 0 saturated carbocycles. The summed E-state index contributed by atoms with van der Waals surface area (Å²) in [4.78, 5) is 68.1. The van der Waals surface area contributed by atoms with Gasteiger partial charge in [0.15, 0.2) is 0 Å². The van der Waals surface area contributed by atoms with Crippen LogP contribution in [0.1, 0.15) is 60.5 Å². The Hall–Kier alpha value is -5.41. The summed E-state index contributed by atoms with van der Waals surface area (Å²) in [6.45, 7) is 2.22. The second-order valence-corrected chi connectivity index (χ2v) is 13.3. The molecule has 3 aromatic carbocycles. The van der Waals surface area contributed by atoms with E-state index in [0.29, 0.717) is 49.2 Å². The first-order valence-corrected chi connectivity index (χ1v) is 17.4. The number of likely N-dealkylation sites (N-methyl/N-ethyl adjacent to an activating group) is 1. The predicted octanol–water partition coefficient (Wildman–Crippen LogP) is 3.65. The van der Waals surface area contributed by atoms with Crippen LogP contribution in [0.25, 0.3) is 0 Å². The maximum Gasteiger partial charge on any atom is 0.407 e. The summed E-state index contributed by atoms with van der Waals surface area (Å²) in [6.07, 6.45) is 0.0257. The molecule has 6 N–H and O–H groups in total. The number of nitrogens with one attached hydrogen (secondary N) is 3. The number of carboxylic acid groups (broad SMARTS) is 1. The standard InChI is InChI=1S/C38H44F2N6O7/c1-22(45(2)38(51)52)35(48)43-32(24-14-17-53-18-15-24)37(50)46-21-26-12-11-25(30(41)13-16-42-31(47)19-23-7-4-3-5-8-23)20-27(26)34(46)36(49)44-33-28(39)9-6-10-29(33)40/h3-12,20,22,24,30,32,34H,13-19,21,41H2,1-2H3,(H,42,47)(H,43,48)(H,44,49)(H,51,52)/t22-,30?,32-,34-/m0/s1. The van der Waals surface area contributed by atoms with E-state index >= 15 is 0 Å². The smallest absolute Gasteiger partial charge is 0.407 e. The van der Waals surface area contributed by atoms with Crippen molar-refractivity contribution in [3.05, 3.63) is 101 Å². The lowest BCUT2D eigenvalue weighted by molar-refractivity contribution is -0.144. The quantitative estimate of drug-likeness (QED) is 0.176. The minimum Gasteiger partial charge on any atom is -0.465 e. The van der Waals surface area contributed by atoms with E-state index in [-0.39, 0.29) is 25.4 Å². The summed E-state index contributed by atoms with van der Waals surface area (Å²) >= 11 is 0. The first-order valence-electron chi connectivity index (χ1n) is 17.4. The highest BCUT2D eigenvalue weighted by molar-refractivity contribution is 6.00. The van der Waals surface area contributed by atoms with Crippen molar-refractivity contribution in [1.29, 1.82) is 0 Å². The van der Waals surface area contributed by atoms with Crippen molar-refractivity contribution in [3.63, 3.8) is 0 Å². The Morgan fingerprint density at radius 2 is 1.68 bits per heavy atom. The molecule has 15 heteroatoms. The molecule has 0 aromatic heterocycles. The third-order valence-corrected chi connectivity index (χ3v) is 9.84. The van der Waals surface area contributed by atoms with Gasteiger partial charge in [0, 0.05) is 39.4 Å². The van der Waals surface area contributed by atoms with E-state index in [1.54, 1.807) is 18.2 Å². The van der Waals surface area contributed by atoms with Crippen molar-refractivity contribution >= 4 is 35.4 Å². The molecule has 13 nitrogen and oxygen atoms in total. The number of para-hydroxylation sites is 1. The number of hydrogen-bond donors (Lipinski definition) is 5. The van der Waals surface area contributed by atoms with Crippen molar-refractivity contribution in [2.75, 3.05) is 32.1 Å². The van der Waals surface area contributed by atoms with Crippen LogP contribution in [0.2, 0.25) is 0 Å². The van der Waals surface area contributed by atoms with Crippen LogP contribution in [0, 0.1) is 17.6 Å². The van der Waals surface area contributed by atoms with E-state index in [0.717, 1.165) is 28.7 Å². The highest BCUT2D eigenvalue weighted by atomic mass is 19.1. The van der Waals surface area contributed by atoms with Gasteiger partial charge in [-0.15, -0.1) is 0 Å². The SMILES string of the molecule is C[C@@H](C(=O)N[C@H](C(=O)N1Cc2ccc(C(N)CCNC(=O)Cc3ccccc3)cc2[C@H]1C(=O)Nc1c(F)cccc1F)C1CCOCC1)N(C)C(=O)O. The van der Waals surface area contributed by atoms with E-state index in [1.165, 1.54) is 18.9 Å². The third kappa shape index (κ3) is 9.34. The van der Waals surface area contributed by atoms with E-state index in [2.05, 4.69) is 16.0 Å². The van der Waals surface area contributed by atoms with E-state index in [1.807, 2.05) is 30.3 Å². The number of rotatable bonds is 13. The summed E-state index contributed by atoms with van der Waals surface area (Å²) < 4.78 is 35.0. The van der Waals surface area contributed by atoms with Gasteiger partial charge in [-0.3, -0.25) is 24.1 Å². The Balaban J connectivity index is 1.41. The molecule has 4 atom stereocenters. The molecule has 2 heterocycles. The second kappa shape index (κ2) is 17.4. The van der Waals surface area contributed by atoms with Crippen LogP contribution in [-0.4, -0.2) is 83.5 Å². The zero-order valence-corrected chi connectivity index (χ0v) is 29.5. The molecule has 1 saturated heterocycles. The van der Waals surface area contributed by atoms with Crippen LogP contribution in [0.5, 0.6) is 0 Å². The number of hydrogen-bond acceptors (Lipinski definition) is 7. The fourth-order valence-corrected chi connectivity index (χ4v) is 6.58. The van der Waals surface area contributed by atoms with Crippen molar-refractivity contribution in [3.8, 4) is 0 Å². The normalized spacial score (nSPS) is 17.2. The van der Waals surface area contributed by atoms with Gasteiger partial charge in [0.1, 0.15) is 35.4 Å². The number of carbonyl (C=O) groups is 5. The molecule has 3 aromatic rings. The number of nitrogens with two attached hydrogens (primary N) is 1. The van der Waals surface area contributed by atoms with Gasteiger partial charge in [-0.05, 0) is 66.5 Å². The highest BCUT2D eigenvalue weighted by Crippen LogP contribution is 2.38. The van der Waals surface area contributed by atoms with Gasteiger partial charge in [-0.2, -0.15) is 0 Å². The Labute approximate surface area is 305 Å². The van der Waals surface area contributed by atoms with E-state index < -0.39 is 71.2 Å². The van der Waals surface area contributed by atoms with Crippen LogP contribution >= 0.6 is 0 Å². The summed E-state index contributed by atoms with van der Waals surface area (Å²) in [6, 6.07) is 13.3. The zero-order chi connectivity index (χ0) is 38.2. The minimum absolute atomic E-state index is 0.0722. The number of halogens is 2. The minimum atomic E-state index is -1.38. The number of carbonyl (C=O) groups excluding carboxylic acids is 4. The molecule has 0 radical (unpaired) electrons. The van der Waals surface area contributed by atoms with Crippen LogP contribution in [0.3, 0.4) is 0 Å². The average molecular weight is 735 g/mol. The van der Waals surface area contributed by atoms with Gasteiger partial charge in [-0.1, -0.05) is 54.6 Å². The predicted molar refractivity (Wildman–Crippen MR) is 190 cm³/mol. The fraction of sp³-hybridized carbons (Fsp3) is 0.395. The molecule has 5 amide bonds. The van der Waals surface area contributed by atoms with Gasteiger partial charge in [0.2, 0.25) is 17.7 Å². The molecule has 2 aliphatic heterocycles. The highest BCUT2D eigenvalue weighted by Gasteiger charge is 2.44. The largest absolute Gasteiger partial charge is 0.465 e. The summed E-state index contributed by atoms with van der Waals surface area (Å²) in [5.74, 6) is -4.84. The molecule has 0 bridgehead atoms. The van der Waals surface area contributed by atoms with Crippen LogP contribution in [-0.2, 0) is 36.9 Å². The number of fused-ring (bicyclic) bond motifs is 1. The van der Waals surface area contributed by atoms with Crippen LogP contribution < -0.4 is 21.7 Å². The van der Waals surface area contributed by atoms with E-state index in [9.17, 15) is 37.9 Å². The summed E-state index contributed by atoms with van der Waals surface area (Å²) in [5, 5.41) is 17.4. The van der Waals surface area contributed by atoms with Crippen LogP contribution in [0.4, 0.5) is 19.3 Å². The maximum atomic E-state index is 14.7. The Bertz CT molecular complexity index is 1800. The van der Waals surface area contributed by atoms with Crippen molar-refractivity contribution in [2.45, 2.75) is 63.3 Å². The Morgan fingerprint density at radius 1 is 1.00 bits per heavy atom. The molecular weight excluding hydrogens is 690 g/mol.